The van der Waals surface area contributed by atoms with Crippen molar-refractivity contribution < 1.29 is 4.79 Å². The number of aryl methyl sites for hydroxylation is 1. The molecule has 0 aromatic carbocycles. The fourth-order valence-electron chi connectivity index (χ4n) is 2.56. The summed E-state index contributed by atoms with van der Waals surface area (Å²) in [4.78, 5) is 20.5. The van der Waals surface area contributed by atoms with Crippen molar-refractivity contribution in [1.82, 2.24) is 15.3 Å². The molecule has 1 aliphatic rings. The summed E-state index contributed by atoms with van der Waals surface area (Å²) in [5.41, 5.74) is 1.80. The molecular formula is C15H17N3O. The lowest BCUT2D eigenvalue weighted by molar-refractivity contribution is -0.126. The highest BCUT2D eigenvalue weighted by atomic mass is 16.1. The first-order valence-electron chi connectivity index (χ1n) is 6.81. The van der Waals surface area contributed by atoms with Gasteiger partial charge in [-0.2, -0.15) is 0 Å². The second-order valence-corrected chi connectivity index (χ2v) is 5.02. The van der Waals surface area contributed by atoms with Crippen LogP contribution in [0.25, 0.3) is 11.0 Å². The fourth-order valence-corrected chi connectivity index (χ4v) is 2.56. The molecule has 4 heteroatoms. The lowest BCUT2D eigenvalue weighted by atomic mass is 9.93. The van der Waals surface area contributed by atoms with Crippen molar-refractivity contribution in [2.45, 2.75) is 25.7 Å². The van der Waals surface area contributed by atoms with E-state index in [1.165, 1.54) is 0 Å². The predicted molar refractivity (Wildman–Crippen MR) is 73.6 cm³/mol. The number of pyridine rings is 2. The Labute approximate surface area is 112 Å². The average Bonchev–Trinajstić information content (AvgIpc) is 2.46. The quantitative estimate of drug-likeness (QED) is 0.913. The van der Waals surface area contributed by atoms with E-state index in [0.29, 0.717) is 0 Å². The molecule has 1 fully saturated rings. The smallest absolute Gasteiger partial charge is 0.223 e. The number of fused-ring (bicyclic) bond motifs is 1. The Morgan fingerprint density at radius 1 is 1.32 bits per heavy atom. The van der Waals surface area contributed by atoms with Gasteiger partial charge in [0.15, 0.2) is 5.65 Å². The number of hydrogen-bond acceptors (Lipinski definition) is 3. The molecule has 1 saturated heterocycles. The Kier molecular flexibility index (Phi) is 3.40. The van der Waals surface area contributed by atoms with Crippen LogP contribution in [0.15, 0.2) is 30.5 Å². The van der Waals surface area contributed by atoms with Gasteiger partial charge in [0.25, 0.3) is 0 Å². The molecular weight excluding hydrogens is 238 g/mol. The first kappa shape index (κ1) is 12.1. The molecule has 0 spiro atoms. The van der Waals surface area contributed by atoms with Crippen LogP contribution in [-0.2, 0) is 11.2 Å². The van der Waals surface area contributed by atoms with E-state index in [-0.39, 0.29) is 11.8 Å². The van der Waals surface area contributed by atoms with Crippen molar-refractivity contribution in [2.24, 2.45) is 5.92 Å². The maximum atomic E-state index is 11.7. The van der Waals surface area contributed by atoms with Crippen LogP contribution in [0.3, 0.4) is 0 Å². The van der Waals surface area contributed by atoms with Gasteiger partial charge in [0.2, 0.25) is 5.91 Å². The van der Waals surface area contributed by atoms with E-state index in [4.69, 9.17) is 0 Å². The summed E-state index contributed by atoms with van der Waals surface area (Å²) in [7, 11) is 0. The van der Waals surface area contributed by atoms with Gasteiger partial charge >= 0.3 is 0 Å². The lowest BCUT2D eigenvalue weighted by Gasteiger charge is -2.21. The second kappa shape index (κ2) is 5.34. The first-order valence-corrected chi connectivity index (χ1v) is 6.81. The monoisotopic (exact) mass is 255 g/mol. The third-order valence-electron chi connectivity index (χ3n) is 3.67. The number of nitrogens with one attached hydrogen (secondary N) is 1. The lowest BCUT2D eigenvalue weighted by Crippen LogP contribution is -2.36. The van der Waals surface area contributed by atoms with Crippen molar-refractivity contribution in [3.8, 4) is 0 Å². The van der Waals surface area contributed by atoms with Crippen LogP contribution >= 0.6 is 0 Å². The number of piperidine rings is 1. The van der Waals surface area contributed by atoms with Crippen LogP contribution in [0.5, 0.6) is 0 Å². The number of rotatable bonds is 3. The molecule has 0 saturated carbocycles. The van der Waals surface area contributed by atoms with Gasteiger partial charge in [-0.25, -0.2) is 9.97 Å². The molecule has 2 aromatic rings. The molecule has 98 valence electrons. The summed E-state index contributed by atoms with van der Waals surface area (Å²) < 4.78 is 0. The first-order chi connectivity index (χ1) is 9.33. The maximum absolute atomic E-state index is 11.7. The minimum atomic E-state index is 0.148. The number of nitrogens with zero attached hydrogens (tertiary/aromatic N) is 2. The molecule has 2 aromatic heterocycles. The van der Waals surface area contributed by atoms with Gasteiger partial charge in [-0.3, -0.25) is 4.79 Å². The van der Waals surface area contributed by atoms with Crippen molar-refractivity contribution in [3.63, 3.8) is 0 Å². The Morgan fingerprint density at radius 3 is 3.16 bits per heavy atom. The zero-order valence-corrected chi connectivity index (χ0v) is 10.8. The Morgan fingerprint density at radius 2 is 2.26 bits per heavy atom. The van der Waals surface area contributed by atoms with Crippen LogP contribution in [0.4, 0.5) is 0 Å². The van der Waals surface area contributed by atoms with Crippen molar-refractivity contribution in [3.05, 3.63) is 36.2 Å². The predicted octanol–water partition coefficient (Wildman–Crippen LogP) is 2.09. The maximum Gasteiger partial charge on any atom is 0.223 e. The molecule has 0 radical (unpaired) electrons. The van der Waals surface area contributed by atoms with Crippen LogP contribution < -0.4 is 5.32 Å². The molecule has 1 N–H and O–H groups in total. The third kappa shape index (κ3) is 2.72. The number of hydrogen-bond donors (Lipinski definition) is 1. The van der Waals surface area contributed by atoms with Gasteiger partial charge < -0.3 is 5.32 Å². The Balaban J connectivity index is 1.69. The number of aromatic nitrogens is 2. The summed E-state index contributed by atoms with van der Waals surface area (Å²) in [5.74, 6) is 0.347. The summed E-state index contributed by atoms with van der Waals surface area (Å²) in [6.07, 6.45) is 5.55. The molecule has 0 aliphatic carbocycles. The van der Waals surface area contributed by atoms with E-state index in [9.17, 15) is 4.79 Å². The van der Waals surface area contributed by atoms with Gasteiger partial charge in [-0.15, -0.1) is 0 Å². The highest BCUT2D eigenvalue weighted by molar-refractivity contribution is 5.79. The van der Waals surface area contributed by atoms with Crippen LogP contribution in [0, 0.1) is 5.92 Å². The van der Waals surface area contributed by atoms with Crippen LogP contribution in [-0.4, -0.2) is 22.4 Å². The number of carbonyl (C=O) groups is 1. The molecule has 4 nitrogen and oxygen atoms in total. The van der Waals surface area contributed by atoms with E-state index in [1.54, 1.807) is 6.20 Å². The summed E-state index contributed by atoms with van der Waals surface area (Å²) in [6.45, 7) is 0.827. The van der Waals surface area contributed by atoms with Crippen molar-refractivity contribution >= 4 is 16.9 Å². The van der Waals surface area contributed by atoms with E-state index in [0.717, 1.165) is 49.0 Å². The fraction of sp³-hybridized carbons (Fsp3) is 0.400. The number of carbonyl (C=O) groups excluding carboxylic acids is 1. The van der Waals surface area contributed by atoms with E-state index >= 15 is 0 Å². The van der Waals surface area contributed by atoms with Crippen molar-refractivity contribution in [1.29, 1.82) is 0 Å². The SMILES string of the molecule is O=C1NCCC[C@H]1CCc1ccc2cccnc2n1. The molecule has 1 amide bonds. The van der Waals surface area contributed by atoms with E-state index < -0.39 is 0 Å². The average molecular weight is 255 g/mol. The van der Waals surface area contributed by atoms with Gasteiger partial charge in [0, 0.05) is 29.7 Å². The minimum Gasteiger partial charge on any atom is -0.356 e. The van der Waals surface area contributed by atoms with Gasteiger partial charge in [0.1, 0.15) is 0 Å². The zero-order chi connectivity index (χ0) is 13.1. The minimum absolute atomic E-state index is 0.148. The normalized spacial score (nSPS) is 19.4. The molecule has 1 atom stereocenters. The van der Waals surface area contributed by atoms with Gasteiger partial charge in [0.05, 0.1) is 0 Å². The second-order valence-electron chi connectivity index (χ2n) is 5.02. The van der Waals surface area contributed by atoms with Gasteiger partial charge in [-0.05, 0) is 49.9 Å². The Bertz CT molecular complexity index is 597. The number of amides is 1. The molecule has 0 unspecified atom stereocenters. The van der Waals surface area contributed by atoms with Gasteiger partial charge in [-0.1, -0.05) is 0 Å². The zero-order valence-electron chi connectivity index (χ0n) is 10.8. The van der Waals surface area contributed by atoms with Crippen LogP contribution in [0.1, 0.15) is 25.0 Å². The Hall–Kier alpha value is -1.97. The largest absolute Gasteiger partial charge is 0.356 e. The van der Waals surface area contributed by atoms with Crippen molar-refractivity contribution in [2.75, 3.05) is 6.54 Å². The van der Waals surface area contributed by atoms with Crippen LogP contribution in [0.2, 0.25) is 0 Å². The summed E-state index contributed by atoms with van der Waals surface area (Å²) in [5, 5.41) is 3.98. The summed E-state index contributed by atoms with van der Waals surface area (Å²) >= 11 is 0. The molecule has 0 bridgehead atoms. The molecule has 1 aliphatic heterocycles. The highest BCUT2D eigenvalue weighted by Crippen LogP contribution is 2.18. The van der Waals surface area contributed by atoms with E-state index in [2.05, 4.69) is 15.3 Å². The summed E-state index contributed by atoms with van der Waals surface area (Å²) in [6, 6.07) is 8.00. The topological polar surface area (TPSA) is 54.9 Å². The molecule has 19 heavy (non-hydrogen) atoms. The third-order valence-corrected chi connectivity index (χ3v) is 3.67. The molecule has 3 heterocycles. The van der Waals surface area contributed by atoms with E-state index in [1.807, 2.05) is 24.3 Å². The highest BCUT2D eigenvalue weighted by Gasteiger charge is 2.21. The molecule has 3 rings (SSSR count). The standard InChI is InChI=1S/C15H17N3O/c19-15-12(4-2-10-17-15)6-8-13-7-5-11-3-1-9-16-14(11)18-13/h1,3,5,7,9,12H,2,4,6,8,10H2,(H,17,19)/t12-/m0/s1.